The van der Waals surface area contributed by atoms with Crippen molar-refractivity contribution in [3.8, 4) is 0 Å². The first-order valence-electron chi connectivity index (χ1n) is 7.88. The summed E-state index contributed by atoms with van der Waals surface area (Å²) in [5, 5.41) is 3.41. The van der Waals surface area contributed by atoms with Gasteiger partial charge in [0, 0.05) is 29.7 Å². The molecule has 0 aromatic carbocycles. The van der Waals surface area contributed by atoms with Gasteiger partial charge in [0.1, 0.15) is 5.82 Å². The maximum atomic E-state index is 13.3. The Morgan fingerprint density at radius 1 is 1.32 bits per heavy atom. The first-order chi connectivity index (χ1) is 11.8. The number of hydrogen-bond donors (Lipinski definition) is 1. The molecule has 9 heteroatoms. The van der Waals surface area contributed by atoms with Crippen LogP contribution >= 0.6 is 27.5 Å². The Morgan fingerprint density at radius 3 is 2.52 bits per heavy atom. The Kier molecular flexibility index (Phi) is 5.41. The van der Waals surface area contributed by atoms with Crippen molar-refractivity contribution in [1.82, 2.24) is 10.2 Å². The highest BCUT2D eigenvalue weighted by molar-refractivity contribution is 9.12. The molecule has 136 valence electrons. The number of allylic oxidation sites excluding steroid dienone is 5. The van der Waals surface area contributed by atoms with Crippen molar-refractivity contribution in [3.63, 3.8) is 0 Å². The second kappa shape index (κ2) is 7.25. The van der Waals surface area contributed by atoms with Gasteiger partial charge in [0.05, 0.1) is 5.57 Å². The summed E-state index contributed by atoms with van der Waals surface area (Å²) in [7, 11) is 0. The molecule has 4 nitrogen and oxygen atoms in total. The van der Waals surface area contributed by atoms with E-state index in [0.29, 0.717) is 43.0 Å². The molecule has 0 saturated carbocycles. The van der Waals surface area contributed by atoms with Crippen molar-refractivity contribution in [1.29, 1.82) is 0 Å². The van der Waals surface area contributed by atoms with Crippen LogP contribution in [0.15, 0.2) is 43.6 Å². The van der Waals surface area contributed by atoms with Crippen LogP contribution in [0, 0.1) is 0 Å². The number of fused-ring (bicyclic) bond motifs is 2. The number of nitrogens with one attached hydrogen (secondary N) is 1. The van der Waals surface area contributed by atoms with Gasteiger partial charge in [-0.05, 0) is 49.2 Å². The topological polar surface area (TPSA) is 40.0 Å². The average molecular weight is 438 g/mol. The minimum Gasteiger partial charge on any atom is -0.353 e. The van der Waals surface area contributed by atoms with Crippen LogP contribution in [0.2, 0.25) is 0 Å². The maximum Gasteiger partial charge on any atom is 0.417 e. The van der Waals surface area contributed by atoms with Crippen molar-refractivity contribution in [2.24, 2.45) is 9.98 Å². The fourth-order valence-electron chi connectivity index (χ4n) is 3.42. The number of hydrogen-bond acceptors (Lipinski definition) is 3. The highest BCUT2D eigenvalue weighted by Gasteiger charge is 2.38. The van der Waals surface area contributed by atoms with Crippen molar-refractivity contribution in [2.75, 3.05) is 13.1 Å². The van der Waals surface area contributed by atoms with E-state index in [4.69, 9.17) is 11.6 Å². The third kappa shape index (κ3) is 4.17. The lowest BCUT2D eigenvalue weighted by Gasteiger charge is -2.35. The van der Waals surface area contributed by atoms with Gasteiger partial charge < -0.3 is 10.2 Å². The van der Waals surface area contributed by atoms with Crippen LogP contribution in [-0.4, -0.2) is 48.3 Å². The van der Waals surface area contributed by atoms with E-state index in [9.17, 15) is 13.2 Å². The highest BCUT2D eigenvalue weighted by Crippen LogP contribution is 2.40. The standard InChI is InChI=1S/C16H17BrClF3N4/c1-22-15(18)24-14(25-7-10-3-4-11(8-25)23-10)9-2-5-13(17)12(6-9)16(19,20)21/h5-6,10-11,23H,1-4,7-8H2/b14-9-,24-15-. The SMILES string of the molecule is C=N/C(Cl)=N\C(=C1\C=C(C(F)(F)F)C(Br)=CC1)N1CC2CCC(C1)N2. The van der Waals surface area contributed by atoms with Gasteiger partial charge in [-0.3, -0.25) is 0 Å². The fourth-order valence-corrected chi connectivity index (χ4v) is 4.00. The van der Waals surface area contributed by atoms with Crippen LogP contribution < -0.4 is 5.32 Å². The molecule has 2 bridgehead atoms. The number of alkyl halides is 3. The summed E-state index contributed by atoms with van der Waals surface area (Å²) in [6, 6.07) is 0.633. The third-order valence-electron chi connectivity index (χ3n) is 4.51. The van der Waals surface area contributed by atoms with E-state index in [1.54, 1.807) is 0 Å². The van der Waals surface area contributed by atoms with E-state index >= 15 is 0 Å². The zero-order valence-corrected chi connectivity index (χ0v) is 15.6. The Balaban J connectivity index is 2.03. The molecule has 0 radical (unpaired) electrons. The Bertz CT molecular complexity index is 684. The number of halogens is 5. The molecule has 3 aliphatic rings. The normalized spacial score (nSPS) is 29.3. The van der Waals surface area contributed by atoms with E-state index in [-0.39, 0.29) is 9.78 Å². The molecule has 0 aromatic rings. The van der Waals surface area contributed by atoms with Crippen LogP contribution in [0.5, 0.6) is 0 Å². The van der Waals surface area contributed by atoms with Crippen LogP contribution in [0.1, 0.15) is 19.3 Å². The van der Waals surface area contributed by atoms with Gasteiger partial charge in [-0.15, -0.1) is 0 Å². The lowest BCUT2D eigenvalue weighted by Crippen LogP contribution is -2.50. The molecule has 1 N–H and O–H groups in total. The summed E-state index contributed by atoms with van der Waals surface area (Å²) < 4.78 is 39.8. The molecule has 0 aromatic heterocycles. The minimum absolute atomic E-state index is 0.0420. The van der Waals surface area contributed by atoms with Crippen molar-refractivity contribution in [3.05, 3.63) is 33.6 Å². The summed E-state index contributed by atoms with van der Waals surface area (Å²) in [6.07, 6.45) is 0.629. The first-order valence-corrected chi connectivity index (χ1v) is 9.05. The first kappa shape index (κ1) is 18.7. The van der Waals surface area contributed by atoms with E-state index in [1.165, 1.54) is 6.08 Å². The predicted octanol–water partition coefficient (Wildman–Crippen LogP) is 4.10. The number of rotatable bonds is 2. The zero-order valence-electron chi connectivity index (χ0n) is 13.3. The molecule has 2 fully saturated rings. The predicted molar refractivity (Wildman–Crippen MR) is 97.1 cm³/mol. The summed E-state index contributed by atoms with van der Waals surface area (Å²) in [5.74, 6) is 0.439. The molecule has 0 amide bonds. The molecular formula is C16H17BrClF3N4. The van der Waals surface area contributed by atoms with Gasteiger partial charge in [0.25, 0.3) is 0 Å². The summed E-state index contributed by atoms with van der Waals surface area (Å²) >= 11 is 8.91. The number of aliphatic imine (C=N–C) groups is 2. The molecule has 2 unspecified atom stereocenters. The van der Waals surface area contributed by atoms with Crippen LogP contribution in [0.3, 0.4) is 0 Å². The average Bonchev–Trinajstić information content (AvgIpc) is 2.90. The molecule has 2 heterocycles. The highest BCUT2D eigenvalue weighted by atomic mass is 79.9. The number of piperazine rings is 1. The van der Waals surface area contributed by atoms with E-state index in [0.717, 1.165) is 18.9 Å². The lowest BCUT2D eigenvalue weighted by molar-refractivity contribution is -0.0886. The Hall–Kier alpha value is -1.12. The molecule has 2 saturated heterocycles. The van der Waals surface area contributed by atoms with Crippen LogP contribution in [0.4, 0.5) is 13.2 Å². The van der Waals surface area contributed by atoms with Gasteiger partial charge in [-0.2, -0.15) is 13.2 Å². The van der Waals surface area contributed by atoms with Crippen LogP contribution in [-0.2, 0) is 0 Å². The molecule has 1 aliphatic carbocycles. The van der Waals surface area contributed by atoms with Gasteiger partial charge in [-0.25, -0.2) is 9.98 Å². The number of likely N-dealkylation sites (tertiary alicyclic amines) is 1. The quantitative estimate of drug-likeness (QED) is 0.401. The summed E-state index contributed by atoms with van der Waals surface area (Å²) in [6.45, 7) is 4.69. The monoisotopic (exact) mass is 436 g/mol. The van der Waals surface area contributed by atoms with Gasteiger partial charge >= 0.3 is 6.18 Å². The minimum atomic E-state index is -4.45. The van der Waals surface area contributed by atoms with E-state index in [2.05, 4.69) is 37.9 Å². The third-order valence-corrected chi connectivity index (χ3v) is 5.47. The van der Waals surface area contributed by atoms with E-state index < -0.39 is 11.7 Å². The lowest BCUT2D eigenvalue weighted by atomic mass is 10.0. The fraction of sp³-hybridized carbons (Fsp3) is 0.500. The van der Waals surface area contributed by atoms with Gasteiger partial charge in [0.15, 0.2) is 0 Å². The molecular weight excluding hydrogens is 421 g/mol. The molecule has 2 atom stereocenters. The smallest absolute Gasteiger partial charge is 0.353 e. The summed E-state index contributed by atoms with van der Waals surface area (Å²) in [4.78, 5) is 9.83. The van der Waals surface area contributed by atoms with Crippen LogP contribution in [0.25, 0.3) is 0 Å². The Labute approximate surface area is 157 Å². The number of amidine groups is 1. The summed E-state index contributed by atoms with van der Waals surface area (Å²) in [5.41, 5.74) is -0.249. The number of nitrogens with zero attached hydrogens (tertiary/aromatic N) is 3. The van der Waals surface area contributed by atoms with Gasteiger partial charge in [-0.1, -0.05) is 22.0 Å². The van der Waals surface area contributed by atoms with Crippen molar-refractivity contribution >= 4 is 39.5 Å². The molecule has 2 aliphatic heterocycles. The molecule has 0 spiro atoms. The van der Waals surface area contributed by atoms with E-state index in [1.807, 2.05) is 4.90 Å². The maximum absolute atomic E-state index is 13.3. The molecule has 25 heavy (non-hydrogen) atoms. The largest absolute Gasteiger partial charge is 0.417 e. The Morgan fingerprint density at radius 2 is 1.96 bits per heavy atom. The second-order valence-corrected chi connectivity index (χ2v) is 7.43. The second-order valence-electron chi connectivity index (χ2n) is 6.24. The van der Waals surface area contributed by atoms with Crippen molar-refractivity contribution in [2.45, 2.75) is 37.5 Å². The van der Waals surface area contributed by atoms with Crippen molar-refractivity contribution < 1.29 is 13.2 Å². The zero-order chi connectivity index (χ0) is 18.2. The van der Waals surface area contributed by atoms with Gasteiger partial charge in [0.2, 0.25) is 5.29 Å². The molecule has 3 rings (SSSR count).